The Morgan fingerprint density at radius 3 is 1.78 bits per heavy atom. The summed E-state index contributed by atoms with van der Waals surface area (Å²) < 4.78 is 85.9. The van der Waals surface area contributed by atoms with Crippen LogP contribution in [0.4, 0.5) is 23.2 Å². The van der Waals surface area contributed by atoms with Gasteiger partial charge in [-0.25, -0.2) is 17.2 Å². The van der Waals surface area contributed by atoms with Crippen LogP contribution in [0.5, 0.6) is 5.75 Å². The maximum absolute atomic E-state index is 14.2. The first-order chi connectivity index (χ1) is 12.5. The van der Waals surface area contributed by atoms with Crippen molar-refractivity contribution in [2.75, 3.05) is 33.2 Å². The van der Waals surface area contributed by atoms with Crippen LogP contribution in [0.1, 0.15) is 5.56 Å². The lowest BCUT2D eigenvalue weighted by molar-refractivity contribution is 0.320. The lowest BCUT2D eigenvalue weighted by Crippen LogP contribution is -2.29. The molecule has 2 aromatic rings. The first-order valence-corrected chi connectivity index (χ1v) is 9.08. The summed E-state index contributed by atoms with van der Waals surface area (Å²) in [4.78, 5) is 0.128. The van der Waals surface area contributed by atoms with Gasteiger partial charge in [0, 0.05) is 33.4 Å². The molecule has 0 atom stereocenters. The molecule has 0 heterocycles. The molecule has 0 radical (unpaired) electrons. The molecule has 0 aliphatic heterocycles. The van der Waals surface area contributed by atoms with E-state index >= 15 is 0 Å². The van der Waals surface area contributed by atoms with Crippen LogP contribution in [0.3, 0.4) is 0 Å². The van der Waals surface area contributed by atoms with Crippen LogP contribution in [-0.4, -0.2) is 41.0 Å². The van der Waals surface area contributed by atoms with E-state index in [1.807, 2.05) is 19.0 Å². The van der Waals surface area contributed by atoms with E-state index in [0.717, 1.165) is 19.8 Å². The molecule has 5 nitrogen and oxygen atoms in total. The summed E-state index contributed by atoms with van der Waals surface area (Å²) in [6.45, 7) is -0.260. The molecule has 148 valence electrons. The summed E-state index contributed by atoms with van der Waals surface area (Å²) >= 11 is 0. The Bertz CT molecular complexity index is 919. The van der Waals surface area contributed by atoms with Gasteiger partial charge in [0.1, 0.15) is 0 Å². The van der Waals surface area contributed by atoms with E-state index in [1.165, 1.54) is 0 Å². The van der Waals surface area contributed by atoms with Gasteiger partial charge in [-0.1, -0.05) is 12.1 Å². The summed E-state index contributed by atoms with van der Waals surface area (Å²) in [7, 11) is 0.642. The molecule has 0 aliphatic rings. The number of hydrogen-bond acceptors (Lipinski definition) is 4. The average molecular weight is 406 g/mol. The summed E-state index contributed by atoms with van der Waals surface area (Å²) in [6.07, 6.45) is 0. The first-order valence-electron chi connectivity index (χ1n) is 7.64. The van der Waals surface area contributed by atoms with Gasteiger partial charge in [-0.15, -0.1) is 0 Å². The summed E-state index contributed by atoms with van der Waals surface area (Å²) in [6, 6.07) is 6.71. The van der Waals surface area contributed by atoms with E-state index in [1.54, 1.807) is 24.3 Å². The van der Waals surface area contributed by atoms with Crippen LogP contribution in [0.25, 0.3) is 0 Å². The van der Waals surface area contributed by atoms with Crippen LogP contribution in [0.15, 0.2) is 29.2 Å². The minimum atomic E-state index is -4.86. The smallest absolute Gasteiger partial charge is 0.249 e. The molecular weight excluding hydrogens is 388 g/mol. The van der Waals surface area contributed by atoms with Gasteiger partial charge in [0.2, 0.25) is 21.7 Å². The summed E-state index contributed by atoms with van der Waals surface area (Å²) in [5.74, 6) is -9.25. The number of nitrogens with zero attached hydrogens (tertiary/aromatic N) is 2. The molecule has 27 heavy (non-hydrogen) atoms. The molecular formula is C17H18F4N2O3S. The predicted molar refractivity (Wildman–Crippen MR) is 92.2 cm³/mol. The minimum absolute atomic E-state index is 0.260. The van der Waals surface area contributed by atoms with Crippen LogP contribution in [0.2, 0.25) is 0 Å². The first kappa shape index (κ1) is 21.0. The molecule has 0 N–H and O–H groups in total. The molecule has 0 aromatic heterocycles. The molecule has 2 aromatic carbocycles. The lowest BCUT2D eigenvalue weighted by Gasteiger charge is -2.20. The van der Waals surface area contributed by atoms with Gasteiger partial charge in [0.15, 0.2) is 22.3 Å². The van der Waals surface area contributed by atoms with Gasteiger partial charge >= 0.3 is 0 Å². The van der Waals surface area contributed by atoms with Crippen molar-refractivity contribution in [3.05, 3.63) is 53.1 Å². The molecule has 0 unspecified atom stereocenters. The summed E-state index contributed by atoms with van der Waals surface area (Å²) in [5, 5.41) is 0. The Labute approximate surface area is 154 Å². The third-order valence-corrected chi connectivity index (χ3v) is 5.74. The Kier molecular flexibility index (Phi) is 6.01. The zero-order valence-corrected chi connectivity index (χ0v) is 15.9. The highest BCUT2D eigenvalue weighted by Crippen LogP contribution is 2.33. The second-order valence-electron chi connectivity index (χ2n) is 5.94. The zero-order chi connectivity index (χ0) is 20.5. The van der Waals surface area contributed by atoms with Crippen LogP contribution in [0, 0.1) is 23.3 Å². The van der Waals surface area contributed by atoms with Crippen molar-refractivity contribution in [2.45, 2.75) is 11.4 Å². The fraction of sp³-hybridized carbons (Fsp3) is 0.294. The number of halogens is 4. The molecule has 0 spiro atoms. The highest BCUT2D eigenvalue weighted by Gasteiger charge is 2.36. The van der Waals surface area contributed by atoms with E-state index in [0.29, 0.717) is 9.87 Å². The van der Waals surface area contributed by atoms with E-state index in [-0.39, 0.29) is 6.54 Å². The maximum atomic E-state index is 14.2. The summed E-state index contributed by atoms with van der Waals surface area (Å²) in [5.41, 5.74) is 1.38. The zero-order valence-electron chi connectivity index (χ0n) is 15.1. The van der Waals surface area contributed by atoms with Crippen LogP contribution < -0.4 is 9.64 Å². The quantitative estimate of drug-likeness (QED) is 0.546. The molecule has 0 saturated carbocycles. The highest BCUT2D eigenvalue weighted by atomic mass is 32.2. The average Bonchev–Trinajstić information content (AvgIpc) is 2.61. The third kappa shape index (κ3) is 3.86. The SMILES string of the molecule is COc1c(F)c(F)c(S(=O)(=O)N(C)Cc2ccc(N(C)C)cc2)c(F)c1F. The third-order valence-electron chi connectivity index (χ3n) is 3.91. The van der Waals surface area contributed by atoms with Gasteiger partial charge < -0.3 is 9.64 Å². The molecule has 0 bridgehead atoms. The Balaban J connectivity index is 2.43. The standard InChI is InChI=1S/C17H18F4N2O3S/c1-22(2)11-7-5-10(6-8-11)9-23(3)27(24,25)17-14(20)12(18)16(26-4)13(19)15(17)21/h5-8H,9H2,1-4H3. The Hall–Kier alpha value is -2.33. The number of sulfonamides is 1. The number of methoxy groups -OCH3 is 1. The van der Waals surface area contributed by atoms with Gasteiger partial charge in [0.25, 0.3) is 0 Å². The van der Waals surface area contributed by atoms with Gasteiger partial charge in [-0.05, 0) is 17.7 Å². The number of benzene rings is 2. The minimum Gasteiger partial charge on any atom is -0.491 e. The van der Waals surface area contributed by atoms with Crippen molar-refractivity contribution in [2.24, 2.45) is 0 Å². The van der Waals surface area contributed by atoms with E-state index < -0.39 is 43.9 Å². The van der Waals surface area contributed by atoms with Crippen molar-refractivity contribution < 1.29 is 30.7 Å². The second kappa shape index (κ2) is 7.73. The normalized spacial score (nSPS) is 11.7. The van der Waals surface area contributed by atoms with Crippen molar-refractivity contribution >= 4 is 15.7 Å². The van der Waals surface area contributed by atoms with E-state index in [2.05, 4.69) is 4.74 Å². The van der Waals surface area contributed by atoms with Crippen molar-refractivity contribution in [3.8, 4) is 5.75 Å². The van der Waals surface area contributed by atoms with Gasteiger partial charge in [-0.2, -0.15) is 13.1 Å². The Morgan fingerprint density at radius 1 is 0.889 bits per heavy atom. The van der Waals surface area contributed by atoms with Crippen molar-refractivity contribution in [3.63, 3.8) is 0 Å². The van der Waals surface area contributed by atoms with Crippen molar-refractivity contribution in [1.29, 1.82) is 0 Å². The molecule has 0 saturated heterocycles. The Morgan fingerprint density at radius 2 is 1.37 bits per heavy atom. The molecule has 10 heteroatoms. The fourth-order valence-corrected chi connectivity index (χ4v) is 3.66. The molecule has 0 aliphatic carbocycles. The van der Waals surface area contributed by atoms with Crippen LogP contribution in [-0.2, 0) is 16.6 Å². The fourth-order valence-electron chi connectivity index (χ4n) is 2.39. The van der Waals surface area contributed by atoms with Gasteiger partial charge in [-0.3, -0.25) is 0 Å². The topological polar surface area (TPSA) is 49.9 Å². The van der Waals surface area contributed by atoms with Crippen molar-refractivity contribution in [1.82, 2.24) is 4.31 Å². The van der Waals surface area contributed by atoms with Gasteiger partial charge in [0.05, 0.1) is 7.11 Å². The number of ether oxygens (including phenoxy) is 1. The monoisotopic (exact) mass is 406 g/mol. The highest BCUT2D eigenvalue weighted by molar-refractivity contribution is 7.89. The predicted octanol–water partition coefficient (Wildman–Crippen LogP) is 3.14. The number of rotatable bonds is 6. The van der Waals surface area contributed by atoms with Crippen LogP contribution >= 0.6 is 0 Å². The second-order valence-corrected chi connectivity index (χ2v) is 7.92. The lowest BCUT2D eigenvalue weighted by atomic mass is 10.2. The molecule has 2 rings (SSSR count). The molecule has 0 fully saturated rings. The van der Waals surface area contributed by atoms with E-state index in [9.17, 15) is 26.0 Å². The molecule has 0 amide bonds. The number of anilines is 1. The maximum Gasteiger partial charge on any atom is 0.249 e. The van der Waals surface area contributed by atoms with E-state index in [4.69, 9.17) is 0 Å². The number of hydrogen-bond donors (Lipinski definition) is 0. The largest absolute Gasteiger partial charge is 0.491 e.